The van der Waals surface area contributed by atoms with Gasteiger partial charge in [-0.05, 0) is 24.6 Å². The predicted molar refractivity (Wildman–Crippen MR) is 166 cm³/mol. The van der Waals surface area contributed by atoms with Crippen molar-refractivity contribution in [2.75, 3.05) is 18.5 Å². The monoisotopic (exact) mass is 710 g/mol. The van der Waals surface area contributed by atoms with Crippen LogP contribution in [0.2, 0.25) is 0 Å². The molecule has 2 saturated heterocycles. The minimum atomic E-state index is -4.37. The number of aromatic nitrogens is 8. The van der Waals surface area contributed by atoms with E-state index in [2.05, 4.69) is 39.9 Å². The molecule has 0 spiro atoms. The molecular formula is C25H31N10O9PS2. The van der Waals surface area contributed by atoms with Crippen LogP contribution in [0.25, 0.3) is 22.3 Å². The molecule has 1 unspecified atom stereocenters. The fourth-order valence-electron chi connectivity index (χ4n) is 6.05. The number of hydrogen-bond donors (Lipinski definition) is 4. The number of aromatic amines is 1. The van der Waals surface area contributed by atoms with Crippen LogP contribution >= 0.6 is 6.72 Å². The summed E-state index contributed by atoms with van der Waals surface area (Å²) in [6.45, 7) is -0.794. The number of ether oxygens (including phenoxy) is 1. The van der Waals surface area contributed by atoms with E-state index in [-0.39, 0.29) is 54.6 Å². The van der Waals surface area contributed by atoms with Crippen molar-refractivity contribution >= 4 is 63.0 Å². The molecule has 2 aliphatic heterocycles. The smallest absolute Gasteiger partial charge is 0.336 e. The highest BCUT2D eigenvalue weighted by molar-refractivity contribution is 8.07. The first-order chi connectivity index (χ1) is 22.4. The molecule has 2 bridgehead atoms. The average Bonchev–Trinajstić information content (AvgIpc) is 3.79. The summed E-state index contributed by atoms with van der Waals surface area (Å²) >= 11 is 5.37. The lowest BCUT2D eigenvalue weighted by Crippen LogP contribution is -2.37. The van der Waals surface area contributed by atoms with E-state index in [1.54, 1.807) is 26.4 Å². The molecule has 7 atom stereocenters. The summed E-state index contributed by atoms with van der Waals surface area (Å²) in [6.07, 6.45) is 3.02. The van der Waals surface area contributed by atoms with Gasteiger partial charge in [-0.15, -0.1) is 0 Å². The third-order valence-corrected chi connectivity index (χ3v) is 10.9. The molecule has 4 N–H and O–H groups in total. The normalized spacial score (nSPS) is 31.3. The third-order valence-electron chi connectivity index (χ3n) is 8.32. The van der Waals surface area contributed by atoms with E-state index in [1.165, 1.54) is 17.2 Å². The zero-order valence-electron chi connectivity index (χ0n) is 25.0. The number of anilines is 1. The van der Waals surface area contributed by atoms with Crippen molar-refractivity contribution in [2.24, 2.45) is 11.8 Å². The maximum atomic E-state index is 13.3. The molecule has 0 aromatic carbocycles. The zero-order valence-corrected chi connectivity index (χ0v) is 27.5. The Kier molecular flexibility index (Phi) is 8.46. The van der Waals surface area contributed by atoms with E-state index in [9.17, 15) is 22.9 Å². The van der Waals surface area contributed by atoms with Crippen LogP contribution in [0, 0.1) is 11.8 Å². The summed E-state index contributed by atoms with van der Waals surface area (Å²) in [5.74, 6) is -1.30. The third kappa shape index (κ3) is 6.59. The molecule has 4 aromatic heterocycles. The lowest BCUT2D eigenvalue weighted by molar-refractivity contribution is -0.118. The number of carbonyl (C=O) groups excluding carboxylic acids is 1. The van der Waals surface area contributed by atoms with Gasteiger partial charge in [-0.2, -0.15) is 18.1 Å². The van der Waals surface area contributed by atoms with Crippen molar-refractivity contribution in [2.45, 2.75) is 63.7 Å². The molecule has 6 heterocycles. The average molecular weight is 711 g/mol. The molecule has 4 aromatic rings. The molecule has 1 amide bonds. The second-order valence-corrected chi connectivity index (χ2v) is 16.1. The molecule has 47 heavy (non-hydrogen) atoms. The van der Waals surface area contributed by atoms with Crippen molar-refractivity contribution < 1.29 is 36.1 Å². The van der Waals surface area contributed by atoms with Crippen LogP contribution in [-0.4, -0.2) is 89.7 Å². The molecule has 252 valence electrons. The standard InChI is InChI=1S/C25H31N10O9PS2/c1-12(2)22(36)32-25-31-21-19(23(37)33-25)29-11-35(21)24-18-5-15(42-24)8-41-45(38,46)43-17-4-14(3-13(17)6-30-47(39,40)44-18)34-10-28-16-7-26-9-27-20(16)34/h7,9-15,17-18,24,30H,3-6,8H2,1-2H3,(H,38,46)(H2,31,32,33,36,37)/t13-,14-,15+,17+,18-,24-,45?/m1/s1. The number of nitrogens with one attached hydrogen (secondary N) is 3. The van der Waals surface area contributed by atoms with E-state index >= 15 is 0 Å². The van der Waals surface area contributed by atoms with E-state index in [0.29, 0.717) is 24.0 Å². The lowest BCUT2D eigenvalue weighted by Gasteiger charge is -2.26. The van der Waals surface area contributed by atoms with Gasteiger partial charge in [0.25, 0.3) is 5.56 Å². The van der Waals surface area contributed by atoms with E-state index < -0.39 is 53.0 Å². The van der Waals surface area contributed by atoms with Crippen LogP contribution < -0.4 is 15.6 Å². The highest BCUT2D eigenvalue weighted by atomic mass is 32.5. The van der Waals surface area contributed by atoms with Gasteiger partial charge in [0.15, 0.2) is 23.0 Å². The number of hydrogen-bond acceptors (Lipinski definition) is 14. The number of imidazole rings is 2. The molecule has 1 saturated carbocycles. The van der Waals surface area contributed by atoms with Gasteiger partial charge < -0.3 is 23.2 Å². The van der Waals surface area contributed by atoms with Crippen molar-refractivity contribution in [3.63, 3.8) is 0 Å². The maximum Gasteiger partial charge on any atom is 0.336 e. The van der Waals surface area contributed by atoms with Gasteiger partial charge in [0, 0.05) is 30.8 Å². The summed E-state index contributed by atoms with van der Waals surface area (Å²) < 4.78 is 55.9. The van der Waals surface area contributed by atoms with Crippen LogP contribution in [0.15, 0.2) is 30.0 Å². The second-order valence-electron chi connectivity index (χ2n) is 11.9. The minimum absolute atomic E-state index is 0.00517. The maximum absolute atomic E-state index is 13.3. The van der Waals surface area contributed by atoms with Crippen LogP contribution in [-0.2, 0) is 44.9 Å². The quantitative estimate of drug-likeness (QED) is 0.213. The molecule has 7 rings (SSSR count). The zero-order chi connectivity index (χ0) is 33.1. The van der Waals surface area contributed by atoms with Crippen LogP contribution in [0.5, 0.6) is 0 Å². The van der Waals surface area contributed by atoms with Crippen molar-refractivity contribution in [1.82, 2.24) is 43.8 Å². The summed E-state index contributed by atoms with van der Waals surface area (Å²) in [6, 6.07) is -0.192. The number of carbonyl (C=O) groups is 1. The Morgan fingerprint density at radius 3 is 2.77 bits per heavy atom. The van der Waals surface area contributed by atoms with E-state index in [0.717, 1.165) is 0 Å². The molecule has 3 aliphatic rings. The van der Waals surface area contributed by atoms with Gasteiger partial charge in [-0.1, -0.05) is 13.8 Å². The minimum Gasteiger partial charge on any atom is -0.349 e. The van der Waals surface area contributed by atoms with Crippen molar-refractivity contribution in [3.05, 3.63) is 35.5 Å². The van der Waals surface area contributed by atoms with Gasteiger partial charge in [0.05, 0.1) is 37.7 Å². The SMILES string of the molecule is CC(C)C(=O)Nc1nc2c(ncn2[C@@H]2O[C@@H]3COP(O)(=S)O[C@H]4C[C@H](n5cnc6cncnc65)C[C@@H]4CNS(=O)(=O)O[C@@H]2C3)c(=O)[nH]1. The predicted octanol–water partition coefficient (Wildman–Crippen LogP) is 0.644. The molecule has 22 heteroatoms. The van der Waals surface area contributed by atoms with Crippen molar-refractivity contribution in [3.8, 4) is 0 Å². The van der Waals surface area contributed by atoms with Crippen LogP contribution in [0.1, 0.15) is 45.4 Å². The second kappa shape index (κ2) is 12.3. The molecule has 3 fully saturated rings. The molecular weight excluding hydrogens is 679 g/mol. The summed E-state index contributed by atoms with van der Waals surface area (Å²) in [4.78, 5) is 59.7. The first-order valence-electron chi connectivity index (χ1n) is 14.7. The Balaban J connectivity index is 1.16. The Bertz CT molecular complexity index is 2050. The Morgan fingerprint density at radius 1 is 1.15 bits per heavy atom. The number of rotatable bonds is 4. The first-order valence-corrected chi connectivity index (χ1v) is 18.7. The van der Waals surface area contributed by atoms with Crippen LogP contribution in [0.4, 0.5) is 5.95 Å². The Hall–Kier alpha value is -3.27. The number of H-pyrrole nitrogens is 1. The van der Waals surface area contributed by atoms with E-state index in [1.807, 2.05) is 4.57 Å². The fourth-order valence-corrected chi connectivity index (χ4v) is 8.57. The van der Waals surface area contributed by atoms with Gasteiger partial charge in [0.2, 0.25) is 11.9 Å². The topological polar surface area (TPSA) is 240 Å². The van der Waals surface area contributed by atoms with Gasteiger partial charge in [0.1, 0.15) is 17.9 Å². The van der Waals surface area contributed by atoms with E-state index in [4.69, 9.17) is 29.8 Å². The van der Waals surface area contributed by atoms with Gasteiger partial charge in [-0.25, -0.2) is 24.1 Å². The number of nitrogens with zero attached hydrogens (tertiary/aromatic N) is 7. The number of amides is 1. The largest absolute Gasteiger partial charge is 0.349 e. The van der Waals surface area contributed by atoms with Gasteiger partial charge >= 0.3 is 17.0 Å². The Labute approximate surface area is 271 Å². The first kappa shape index (κ1) is 32.3. The highest BCUT2D eigenvalue weighted by Gasteiger charge is 2.45. The molecule has 19 nitrogen and oxygen atoms in total. The summed E-state index contributed by atoms with van der Waals surface area (Å²) in [7, 11) is -4.37. The van der Waals surface area contributed by atoms with Gasteiger partial charge in [-0.3, -0.25) is 24.5 Å². The lowest BCUT2D eigenvalue weighted by atomic mass is 10.1. The highest BCUT2D eigenvalue weighted by Crippen LogP contribution is 2.51. The summed E-state index contributed by atoms with van der Waals surface area (Å²) in [5, 5.41) is 2.54. The molecule has 1 aliphatic carbocycles. The number of fused-ring (bicyclic) bond motifs is 5. The molecule has 0 radical (unpaired) electrons. The Morgan fingerprint density at radius 2 is 1.96 bits per heavy atom. The summed E-state index contributed by atoms with van der Waals surface area (Å²) in [5.41, 5.74) is 0.543. The van der Waals surface area contributed by atoms with Crippen LogP contribution in [0.3, 0.4) is 0 Å². The van der Waals surface area contributed by atoms with Crippen molar-refractivity contribution in [1.29, 1.82) is 0 Å². The fraction of sp³-hybridized carbons (Fsp3) is 0.560.